The van der Waals surface area contributed by atoms with Gasteiger partial charge in [0, 0.05) is 20.7 Å². The third kappa shape index (κ3) is 1.89. The highest BCUT2D eigenvalue weighted by molar-refractivity contribution is 7.21. The molecule has 1 unspecified atom stereocenters. The number of fused-ring (bicyclic) bond motifs is 1. The molecule has 108 valence electrons. The Morgan fingerprint density at radius 2 is 2.35 bits per heavy atom. The van der Waals surface area contributed by atoms with E-state index in [9.17, 15) is 4.79 Å². The molecule has 0 spiro atoms. The predicted molar refractivity (Wildman–Crippen MR) is 79.1 cm³/mol. The van der Waals surface area contributed by atoms with Crippen molar-refractivity contribution in [2.45, 2.75) is 19.4 Å². The fourth-order valence-electron chi connectivity index (χ4n) is 2.64. The van der Waals surface area contributed by atoms with Gasteiger partial charge < -0.3 is 15.4 Å². The zero-order chi connectivity index (χ0) is 14.4. The van der Waals surface area contributed by atoms with Crippen LogP contribution in [0.3, 0.4) is 0 Å². The number of hydrogen-bond acceptors (Lipinski definition) is 5. The first-order chi connectivity index (χ1) is 9.50. The molecule has 0 aliphatic carbocycles. The summed E-state index contributed by atoms with van der Waals surface area (Å²) in [4.78, 5) is 15.9. The molecular formula is C13H18N4O2S. The van der Waals surface area contributed by atoms with E-state index in [1.54, 1.807) is 9.58 Å². The summed E-state index contributed by atoms with van der Waals surface area (Å²) in [5.74, 6) is -0.0291. The van der Waals surface area contributed by atoms with Crippen molar-refractivity contribution in [3.63, 3.8) is 0 Å². The van der Waals surface area contributed by atoms with E-state index in [2.05, 4.69) is 5.10 Å². The van der Waals surface area contributed by atoms with Gasteiger partial charge in [-0.05, 0) is 13.3 Å². The van der Waals surface area contributed by atoms with E-state index in [1.165, 1.54) is 11.3 Å². The maximum absolute atomic E-state index is 12.6. The molecule has 0 radical (unpaired) electrons. The fraction of sp³-hybridized carbons (Fsp3) is 0.538. The number of likely N-dealkylation sites (N-methyl/N-ethyl adjacent to an activating group) is 1. The van der Waals surface area contributed by atoms with Crippen LogP contribution in [0.1, 0.15) is 21.8 Å². The smallest absolute Gasteiger partial charge is 0.266 e. The summed E-state index contributed by atoms with van der Waals surface area (Å²) in [5.41, 5.74) is 7.58. The first kappa shape index (κ1) is 13.4. The fourth-order valence-corrected chi connectivity index (χ4v) is 3.81. The van der Waals surface area contributed by atoms with Crippen LogP contribution in [0.25, 0.3) is 10.2 Å². The summed E-state index contributed by atoms with van der Waals surface area (Å²) in [5, 5.41) is 5.24. The summed E-state index contributed by atoms with van der Waals surface area (Å²) in [7, 11) is 3.69. The molecule has 7 heteroatoms. The lowest BCUT2D eigenvalue weighted by atomic mass is 10.2. The predicted octanol–water partition coefficient (Wildman–Crippen LogP) is 1.39. The van der Waals surface area contributed by atoms with Crippen LogP contribution in [0.2, 0.25) is 0 Å². The van der Waals surface area contributed by atoms with E-state index >= 15 is 0 Å². The summed E-state index contributed by atoms with van der Waals surface area (Å²) in [6.07, 6.45) is 0.883. The summed E-state index contributed by atoms with van der Waals surface area (Å²) < 4.78 is 7.12. The van der Waals surface area contributed by atoms with Crippen LogP contribution in [0, 0.1) is 6.92 Å². The van der Waals surface area contributed by atoms with Gasteiger partial charge in [-0.3, -0.25) is 9.48 Å². The Hall–Kier alpha value is -1.60. The second-order valence-corrected chi connectivity index (χ2v) is 6.17. The summed E-state index contributed by atoms with van der Waals surface area (Å²) in [6.45, 7) is 3.23. The highest BCUT2D eigenvalue weighted by Crippen LogP contribution is 2.36. The molecule has 6 nitrogen and oxygen atoms in total. The first-order valence-electron chi connectivity index (χ1n) is 6.57. The van der Waals surface area contributed by atoms with Crippen LogP contribution in [0.4, 0.5) is 5.69 Å². The molecule has 2 aromatic heterocycles. The molecule has 1 fully saturated rings. The van der Waals surface area contributed by atoms with Gasteiger partial charge >= 0.3 is 0 Å². The number of carbonyl (C=O) groups excluding carboxylic acids is 1. The second-order valence-electron chi connectivity index (χ2n) is 5.17. The molecule has 0 saturated carbocycles. The number of ether oxygens (including phenoxy) is 1. The first-order valence-corrected chi connectivity index (χ1v) is 7.38. The standard InChI is InChI=1S/C13H18N4O2S/c1-7-9-10(14)11(20-13(9)17(3)15-7)12(18)16(2)8-4-5-19-6-8/h8H,4-6,14H2,1-3H3. The SMILES string of the molecule is Cc1nn(C)c2sc(C(=O)N(C)C3CCOC3)c(N)c12. The largest absolute Gasteiger partial charge is 0.397 e. The molecule has 1 atom stereocenters. The molecule has 1 amide bonds. The number of aromatic nitrogens is 2. The monoisotopic (exact) mass is 294 g/mol. The van der Waals surface area contributed by atoms with Gasteiger partial charge in [0.2, 0.25) is 0 Å². The topological polar surface area (TPSA) is 73.4 Å². The Labute approximate surface area is 121 Å². The van der Waals surface area contributed by atoms with Gasteiger partial charge in [-0.2, -0.15) is 5.10 Å². The van der Waals surface area contributed by atoms with E-state index in [4.69, 9.17) is 10.5 Å². The van der Waals surface area contributed by atoms with E-state index in [0.717, 1.165) is 22.3 Å². The highest BCUT2D eigenvalue weighted by Gasteiger charge is 2.29. The summed E-state index contributed by atoms with van der Waals surface area (Å²) in [6, 6.07) is 0.145. The third-order valence-electron chi connectivity index (χ3n) is 3.85. The van der Waals surface area contributed by atoms with E-state index in [-0.39, 0.29) is 11.9 Å². The van der Waals surface area contributed by atoms with Crippen molar-refractivity contribution in [3.8, 4) is 0 Å². The number of amides is 1. The molecule has 0 bridgehead atoms. The third-order valence-corrected chi connectivity index (χ3v) is 5.11. The lowest BCUT2D eigenvalue weighted by Gasteiger charge is -2.22. The van der Waals surface area contributed by atoms with E-state index in [1.807, 2.05) is 21.0 Å². The zero-order valence-electron chi connectivity index (χ0n) is 11.8. The Morgan fingerprint density at radius 3 is 2.95 bits per heavy atom. The molecular weight excluding hydrogens is 276 g/mol. The van der Waals surface area contributed by atoms with Gasteiger partial charge in [0.05, 0.1) is 29.4 Å². The molecule has 3 heterocycles. The number of anilines is 1. The Kier molecular flexibility index (Phi) is 3.18. The van der Waals surface area contributed by atoms with Crippen molar-refractivity contribution in [1.29, 1.82) is 0 Å². The van der Waals surface area contributed by atoms with Crippen molar-refractivity contribution < 1.29 is 9.53 Å². The Bertz CT molecular complexity index is 670. The molecule has 0 aromatic carbocycles. The maximum atomic E-state index is 12.6. The number of hydrogen-bond donors (Lipinski definition) is 1. The van der Waals surface area contributed by atoms with Crippen LogP contribution in [-0.2, 0) is 11.8 Å². The van der Waals surface area contributed by atoms with Crippen molar-refractivity contribution in [2.75, 3.05) is 26.0 Å². The number of thiophene rings is 1. The molecule has 2 N–H and O–H groups in total. The quantitative estimate of drug-likeness (QED) is 0.908. The van der Waals surface area contributed by atoms with Gasteiger partial charge in [0.15, 0.2) is 0 Å². The second kappa shape index (κ2) is 4.75. The van der Waals surface area contributed by atoms with Crippen LogP contribution in [0.5, 0.6) is 0 Å². The minimum atomic E-state index is -0.0291. The average molecular weight is 294 g/mol. The normalized spacial score (nSPS) is 18.9. The number of nitrogens with zero attached hydrogens (tertiary/aromatic N) is 3. The van der Waals surface area contributed by atoms with Gasteiger partial charge in [-0.1, -0.05) is 0 Å². The highest BCUT2D eigenvalue weighted by atomic mass is 32.1. The van der Waals surface area contributed by atoms with Crippen molar-refractivity contribution in [1.82, 2.24) is 14.7 Å². The van der Waals surface area contributed by atoms with Crippen molar-refractivity contribution >= 4 is 33.1 Å². The van der Waals surface area contributed by atoms with Gasteiger partial charge in [-0.15, -0.1) is 11.3 Å². The lowest BCUT2D eigenvalue weighted by Crippen LogP contribution is -2.37. The summed E-state index contributed by atoms with van der Waals surface area (Å²) >= 11 is 1.41. The van der Waals surface area contributed by atoms with Crippen molar-refractivity contribution in [2.24, 2.45) is 7.05 Å². The molecule has 3 rings (SSSR count). The Balaban J connectivity index is 1.99. The molecule has 1 aliphatic rings. The maximum Gasteiger partial charge on any atom is 0.266 e. The van der Waals surface area contributed by atoms with Gasteiger partial charge in [-0.25, -0.2) is 0 Å². The minimum Gasteiger partial charge on any atom is -0.397 e. The number of nitrogen functional groups attached to an aromatic ring is 1. The van der Waals surface area contributed by atoms with Crippen LogP contribution in [0.15, 0.2) is 0 Å². The van der Waals surface area contributed by atoms with E-state index < -0.39 is 0 Å². The van der Waals surface area contributed by atoms with Gasteiger partial charge in [0.1, 0.15) is 9.71 Å². The molecule has 1 saturated heterocycles. The zero-order valence-corrected chi connectivity index (χ0v) is 12.7. The average Bonchev–Trinajstić information content (AvgIpc) is 3.09. The lowest BCUT2D eigenvalue weighted by molar-refractivity contribution is 0.0717. The Morgan fingerprint density at radius 1 is 1.60 bits per heavy atom. The molecule has 2 aromatic rings. The molecule has 1 aliphatic heterocycles. The number of nitrogens with two attached hydrogens (primary N) is 1. The van der Waals surface area contributed by atoms with Crippen LogP contribution < -0.4 is 5.73 Å². The number of carbonyl (C=O) groups is 1. The van der Waals surface area contributed by atoms with Gasteiger partial charge in [0.25, 0.3) is 5.91 Å². The van der Waals surface area contributed by atoms with Crippen LogP contribution >= 0.6 is 11.3 Å². The number of rotatable bonds is 2. The number of aryl methyl sites for hydroxylation is 2. The van der Waals surface area contributed by atoms with Crippen LogP contribution in [-0.4, -0.2) is 46.9 Å². The van der Waals surface area contributed by atoms with Crippen molar-refractivity contribution in [3.05, 3.63) is 10.6 Å². The molecule has 20 heavy (non-hydrogen) atoms. The minimum absolute atomic E-state index is 0.0291. The van der Waals surface area contributed by atoms with E-state index in [0.29, 0.717) is 23.8 Å².